The van der Waals surface area contributed by atoms with Gasteiger partial charge in [0.05, 0.1) is 23.1 Å². The number of H-pyrrole nitrogens is 2. The molecular formula is C27H34N4O7. The lowest BCUT2D eigenvalue weighted by molar-refractivity contribution is -0.384. The summed E-state index contributed by atoms with van der Waals surface area (Å²) in [5.41, 5.74) is 2.02. The summed E-state index contributed by atoms with van der Waals surface area (Å²) in [6.45, 7) is 9.41. The quantitative estimate of drug-likeness (QED) is 0.153. The number of carbonyl (C=O) groups excluding carboxylic acids is 1. The molecule has 0 atom stereocenters. The fraction of sp³-hybridized carbons (Fsp3) is 0.370. The molecule has 0 unspecified atom stereocenters. The summed E-state index contributed by atoms with van der Waals surface area (Å²) in [7, 11) is 0. The summed E-state index contributed by atoms with van der Waals surface area (Å²) in [6, 6.07) is 12.8. The van der Waals surface area contributed by atoms with Crippen LogP contribution in [-0.4, -0.2) is 44.1 Å². The van der Waals surface area contributed by atoms with Crippen LogP contribution in [0, 0.1) is 20.2 Å². The second kappa shape index (κ2) is 11.4. The Bertz CT molecular complexity index is 1470. The van der Waals surface area contributed by atoms with Gasteiger partial charge in [0.15, 0.2) is 0 Å². The third kappa shape index (κ3) is 6.17. The Morgan fingerprint density at radius 2 is 1.32 bits per heavy atom. The Morgan fingerprint density at radius 3 is 1.74 bits per heavy atom. The van der Waals surface area contributed by atoms with E-state index in [0.29, 0.717) is 17.7 Å². The van der Waals surface area contributed by atoms with Gasteiger partial charge in [-0.3, -0.25) is 25.0 Å². The van der Waals surface area contributed by atoms with Crippen molar-refractivity contribution in [3.63, 3.8) is 0 Å². The van der Waals surface area contributed by atoms with E-state index in [1.165, 1.54) is 24.3 Å². The highest BCUT2D eigenvalue weighted by molar-refractivity contribution is 5.88. The third-order valence-electron chi connectivity index (χ3n) is 6.21. The number of esters is 1. The van der Waals surface area contributed by atoms with Crippen LogP contribution < -0.4 is 0 Å². The zero-order valence-corrected chi connectivity index (χ0v) is 21.3. The van der Waals surface area contributed by atoms with Crippen molar-refractivity contribution in [1.82, 2.24) is 9.97 Å². The minimum Gasteiger partial charge on any atom is -0.465 e. The number of nitrogens with one attached hydrogen (secondary N) is 2. The number of nitro groups is 2. The van der Waals surface area contributed by atoms with E-state index in [2.05, 4.69) is 9.97 Å². The van der Waals surface area contributed by atoms with Crippen LogP contribution in [0.1, 0.15) is 53.4 Å². The van der Waals surface area contributed by atoms with Gasteiger partial charge in [0.25, 0.3) is 11.4 Å². The van der Waals surface area contributed by atoms with Crippen LogP contribution in [0.4, 0.5) is 11.4 Å². The average molecular weight is 527 g/mol. The lowest BCUT2D eigenvalue weighted by Gasteiger charge is -2.20. The number of carbonyl (C=O) groups is 1. The van der Waals surface area contributed by atoms with Crippen molar-refractivity contribution in [3.05, 3.63) is 80.1 Å². The number of nitro benzene ring substituents is 2. The number of fused-ring (bicyclic) bond motifs is 2. The molecule has 204 valence electrons. The summed E-state index contributed by atoms with van der Waals surface area (Å²) in [6.07, 6.45) is 0. The molecule has 2 heterocycles. The van der Waals surface area contributed by atoms with Crippen molar-refractivity contribution < 1.29 is 24.5 Å². The van der Waals surface area contributed by atoms with E-state index >= 15 is 0 Å². The Morgan fingerprint density at radius 1 is 0.868 bits per heavy atom. The fourth-order valence-electron chi connectivity index (χ4n) is 3.68. The molecule has 0 radical (unpaired) electrons. The van der Waals surface area contributed by atoms with Crippen LogP contribution in [0.3, 0.4) is 0 Å². The van der Waals surface area contributed by atoms with E-state index in [-0.39, 0.29) is 36.8 Å². The van der Waals surface area contributed by atoms with Crippen LogP contribution >= 0.6 is 0 Å². The fourth-order valence-corrected chi connectivity index (χ4v) is 3.68. The predicted molar refractivity (Wildman–Crippen MR) is 146 cm³/mol. The molecule has 0 saturated carbocycles. The maximum atomic E-state index is 12.0. The van der Waals surface area contributed by atoms with Gasteiger partial charge in [-0.15, -0.1) is 0 Å². The zero-order chi connectivity index (χ0) is 27.5. The predicted octanol–water partition coefficient (Wildman–Crippen LogP) is 5.90. The van der Waals surface area contributed by atoms with Crippen molar-refractivity contribution in [2.45, 2.75) is 52.9 Å². The number of nitrogens with zero attached hydrogens (tertiary/aromatic N) is 2. The van der Waals surface area contributed by atoms with E-state index in [0.717, 1.165) is 22.1 Å². The Kier molecular flexibility index (Phi) is 9.01. The lowest BCUT2D eigenvalue weighted by Crippen LogP contribution is -2.31. The number of ether oxygens (including phenoxy) is 1. The minimum absolute atomic E-state index is 0. The van der Waals surface area contributed by atoms with Crippen molar-refractivity contribution >= 4 is 39.1 Å². The summed E-state index contributed by atoms with van der Waals surface area (Å²) >= 11 is 0. The number of aliphatic hydroxyl groups is 1. The third-order valence-corrected chi connectivity index (χ3v) is 6.21. The lowest BCUT2D eigenvalue weighted by atomic mass is 9.89. The van der Waals surface area contributed by atoms with Crippen molar-refractivity contribution in [2.24, 2.45) is 0 Å². The number of aromatic amines is 2. The van der Waals surface area contributed by atoms with Gasteiger partial charge in [0.2, 0.25) is 0 Å². The first-order valence-corrected chi connectivity index (χ1v) is 11.6. The molecule has 4 rings (SSSR count). The molecule has 0 aliphatic heterocycles. The van der Waals surface area contributed by atoms with Gasteiger partial charge < -0.3 is 19.8 Å². The highest BCUT2D eigenvalue weighted by Crippen LogP contribution is 2.30. The van der Waals surface area contributed by atoms with Gasteiger partial charge >= 0.3 is 5.97 Å². The largest absolute Gasteiger partial charge is 0.465 e. The second-order valence-corrected chi connectivity index (χ2v) is 9.81. The van der Waals surface area contributed by atoms with Crippen molar-refractivity contribution in [1.29, 1.82) is 0 Å². The Balaban J connectivity index is 0.000000263. The van der Waals surface area contributed by atoms with Crippen molar-refractivity contribution in [3.8, 4) is 0 Å². The molecule has 11 nitrogen and oxygen atoms in total. The van der Waals surface area contributed by atoms with Crippen LogP contribution in [0.5, 0.6) is 0 Å². The highest BCUT2D eigenvalue weighted by Gasteiger charge is 2.33. The first-order valence-electron chi connectivity index (χ1n) is 11.6. The molecule has 0 saturated heterocycles. The molecule has 2 aromatic heterocycles. The van der Waals surface area contributed by atoms with Gasteiger partial charge in [0, 0.05) is 62.9 Å². The van der Waals surface area contributed by atoms with E-state index < -0.39 is 15.3 Å². The van der Waals surface area contributed by atoms with Crippen LogP contribution in [0.2, 0.25) is 0 Å². The molecule has 4 aromatic rings. The molecule has 3 N–H and O–H groups in total. The minimum atomic E-state index is -0.830. The van der Waals surface area contributed by atoms with E-state index in [1.54, 1.807) is 39.0 Å². The number of aromatic nitrogens is 2. The summed E-state index contributed by atoms with van der Waals surface area (Å²) in [5, 5.41) is 32.2. The highest BCUT2D eigenvalue weighted by atomic mass is 16.6. The molecule has 0 aliphatic rings. The molecule has 0 amide bonds. The van der Waals surface area contributed by atoms with E-state index in [1.807, 2.05) is 19.9 Å². The Labute approximate surface area is 220 Å². The summed E-state index contributed by atoms with van der Waals surface area (Å²) < 4.78 is 5.05. The van der Waals surface area contributed by atoms with Crippen LogP contribution in [0.15, 0.2) is 48.5 Å². The van der Waals surface area contributed by atoms with Gasteiger partial charge in [-0.1, -0.05) is 21.3 Å². The summed E-state index contributed by atoms with van der Waals surface area (Å²) in [4.78, 5) is 38.8. The number of hydrogen-bond donors (Lipinski definition) is 3. The molecule has 2 aromatic carbocycles. The monoisotopic (exact) mass is 526 g/mol. The van der Waals surface area contributed by atoms with Gasteiger partial charge in [0.1, 0.15) is 5.41 Å². The smallest absolute Gasteiger partial charge is 0.317 e. The van der Waals surface area contributed by atoms with Gasteiger partial charge in [-0.2, -0.15) is 0 Å². The van der Waals surface area contributed by atoms with Crippen LogP contribution in [-0.2, 0) is 20.4 Å². The number of aliphatic hydroxyl groups excluding tert-OH is 1. The normalized spacial score (nSPS) is 11.4. The zero-order valence-electron chi connectivity index (χ0n) is 21.3. The second-order valence-electron chi connectivity index (χ2n) is 9.81. The number of benzene rings is 2. The maximum absolute atomic E-state index is 12.0. The summed E-state index contributed by atoms with van der Waals surface area (Å²) in [5.74, 6) is -0.332. The van der Waals surface area contributed by atoms with Crippen LogP contribution in [0.25, 0.3) is 21.8 Å². The molecule has 0 spiro atoms. The van der Waals surface area contributed by atoms with Gasteiger partial charge in [-0.05, 0) is 45.0 Å². The number of rotatable bonds is 7. The average Bonchev–Trinajstić information content (AvgIpc) is 3.48. The maximum Gasteiger partial charge on any atom is 0.317 e. The van der Waals surface area contributed by atoms with Gasteiger partial charge in [-0.25, -0.2) is 0 Å². The first kappa shape index (κ1) is 30.0. The van der Waals surface area contributed by atoms with E-state index in [4.69, 9.17) is 4.74 Å². The number of hydrogen-bond acceptors (Lipinski definition) is 7. The molecule has 0 bridgehead atoms. The Hall–Kier alpha value is -4.25. The van der Waals surface area contributed by atoms with E-state index in [9.17, 15) is 30.1 Å². The molecule has 38 heavy (non-hydrogen) atoms. The molecular weight excluding hydrogens is 492 g/mol. The molecule has 0 fully saturated rings. The standard InChI is InChI=1S/C14H16N2O4.C12H14N2O3.CH4/c1-4-20-13(17)14(2,3)12-8-9-7-10(16(18)19)5-6-11(9)15-12;1-12(2,7-15)11-6-8-5-9(14(16)17)3-4-10(8)13-11;/h5-8,15H,4H2,1-3H3;3-6,13,15H,7H2,1-2H3;1H4. The van der Waals surface area contributed by atoms with Crippen molar-refractivity contribution in [2.75, 3.05) is 13.2 Å². The molecule has 11 heteroatoms. The first-order chi connectivity index (χ1) is 17.3. The number of non-ortho nitro benzene ring substituents is 2. The topological polar surface area (TPSA) is 164 Å². The SMILES string of the molecule is C.CC(C)(CO)c1cc2cc([N+](=O)[O-])ccc2[nH]1.CCOC(=O)C(C)(C)c1cc2cc([N+](=O)[O-])ccc2[nH]1. The molecule has 0 aliphatic carbocycles.